The van der Waals surface area contributed by atoms with Crippen LogP contribution < -0.4 is 15.0 Å². The minimum Gasteiger partial charge on any atom is -0.482 e. The van der Waals surface area contributed by atoms with Crippen LogP contribution >= 0.6 is 0 Å². The van der Waals surface area contributed by atoms with Crippen molar-refractivity contribution in [1.29, 1.82) is 0 Å². The van der Waals surface area contributed by atoms with Crippen LogP contribution in [0.25, 0.3) is 0 Å². The van der Waals surface area contributed by atoms with E-state index in [1.54, 1.807) is 30.9 Å². The normalized spacial score (nSPS) is 13.1. The van der Waals surface area contributed by atoms with Gasteiger partial charge in [-0.15, -0.1) is 0 Å². The molecular formula is C19H21N3O3. The van der Waals surface area contributed by atoms with Crippen molar-refractivity contribution in [2.75, 3.05) is 38.0 Å². The molecule has 6 heteroatoms. The molecule has 0 atom stereocenters. The highest BCUT2D eigenvalue weighted by Crippen LogP contribution is 2.34. The number of carbonyl (C=O) groups is 2. The van der Waals surface area contributed by atoms with Gasteiger partial charge < -0.3 is 19.9 Å². The molecule has 2 aromatic carbocycles. The number of likely N-dealkylation sites (N-methyl/N-ethyl adjacent to an activating group) is 2. The Morgan fingerprint density at radius 3 is 2.52 bits per heavy atom. The fourth-order valence-corrected chi connectivity index (χ4v) is 2.56. The molecule has 3 rings (SSSR count). The highest BCUT2D eigenvalue weighted by atomic mass is 16.5. The van der Waals surface area contributed by atoms with E-state index in [2.05, 4.69) is 5.32 Å². The van der Waals surface area contributed by atoms with Gasteiger partial charge in [0.05, 0.1) is 12.1 Å². The summed E-state index contributed by atoms with van der Waals surface area (Å²) in [5, 5.41) is 3.30. The summed E-state index contributed by atoms with van der Waals surface area (Å²) < 4.78 is 5.43. The number of hydrogen-bond acceptors (Lipinski definition) is 4. The van der Waals surface area contributed by atoms with E-state index in [1.165, 1.54) is 0 Å². The second-order valence-corrected chi connectivity index (χ2v) is 6.21. The molecule has 6 nitrogen and oxygen atoms in total. The number of rotatable bonds is 4. The van der Waals surface area contributed by atoms with E-state index < -0.39 is 0 Å². The number of benzene rings is 2. The molecule has 0 unspecified atom stereocenters. The van der Waals surface area contributed by atoms with Crippen LogP contribution in [0.5, 0.6) is 5.75 Å². The highest BCUT2D eigenvalue weighted by molar-refractivity contribution is 5.98. The van der Waals surface area contributed by atoms with Crippen molar-refractivity contribution >= 4 is 28.9 Å². The summed E-state index contributed by atoms with van der Waals surface area (Å²) in [6.45, 7) is 0.0728. The Balaban J connectivity index is 1.73. The van der Waals surface area contributed by atoms with Crippen molar-refractivity contribution < 1.29 is 14.3 Å². The second kappa shape index (κ2) is 6.84. The van der Waals surface area contributed by atoms with Gasteiger partial charge in [0.2, 0.25) is 5.91 Å². The average molecular weight is 339 g/mol. The summed E-state index contributed by atoms with van der Waals surface area (Å²) in [4.78, 5) is 26.7. The van der Waals surface area contributed by atoms with E-state index in [-0.39, 0.29) is 18.4 Å². The fourth-order valence-electron chi connectivity index (χ4n) is 2.56. The molecule has 1 aliphatic heterocycles. The van der Waals surface area contributed by atoms with Crippen molar-refractivity contribution in [3.05, 3.63) is 48.0 Å². The Kier molecular flexibility index (Phi) is 4.61. The number of nitrogens with zero attached hydrogens (tertiary/aromatic N) is 2. The van der Waals surface area contributed by atoms with Gasteiger partial charge in [-0.25, -0.2) is 0 Å². The lowest BCUT2D eigenvalue weighted by Crippen LogP contribution is -2.35. The zero-order valence-corrected chi connectivity index (χ0v) is 14.6. The van der Waals surface area contributed by atoms with Gasteiger partial charge in [-0.2, -0.15) is 0 Å². The lowest BCUT2D eigenvalue weighted by atomic mass is 10.1. The van der Waals surface area contributed by atoms with Crippen LogP contribution in [0.4, 0.5) is 17.1 Å². The van der Waals surface area contributed by atoms with E-state index >= 15 is 0 Å². The lowest BCUT2D eigenvalue weighted by molar-refractivity contribution is -0.128. The summed E-state index contributed by atoms with van der Waals surface area (Å²) in [5.41, 5.74) is 3.48. The maximum atomic E-state index is 11.7. The van der Waals surface area contributed by atoms with Crippen LogP contribution in [0.3, 0.4) is 0 Å². The van der Waals surface area contributed by atoms with Crippen LogP contribution in [0, 0.1) is 0 Å². The molecular weight excluding hydrogens is 318 g/mol. The maximum absolute atomic E-state index is 11.7. The number of nitrogens with one attached hydrogen (secondary N) is 1. The third kappa shape index (κ3) is 3.74. The van der Waals surface area contributed by atoms with Gasteiger partial charge in [-0.1, -0.05) is 12.1 Å². The van der Waals surface area contributed by atoms with Crippen LogP contribution in [0.1, 0.15) is 5.56 Å². The number of ether oxygens (including phenoxy) is 1. The Labute approximate surface area is 147 Å². The van der Waals surface area contributed by atoms with E-state index in [9.17, 15) is 9.59 Å². The van der Waals surface area contributed by atoms with Crippen LogP contribution in [-0.4, -0.2) is 44.5 Å². The second-order valence-electron chi connectivity index (χ2n) is 6.21. The molecule has 130 valence electrons. The molecule has 0 radical (unpaired) electrons. The van der Waals surface area contributed by atoms with Crippen molar-refractivity contribution in [3.8, 4) is 5.75 Å². The monoisotopic (exact) mass is 339 g/mol. The third-order valence-electron chi connectivity index (χ3n) is 4.14. The minimum atomic E-state index is -0.0698. The quantitative estimate of drug-likeness (QED) is 0.929. The summed E-state index contributed by atoms with van der Waals surface area (Å²) in [7, 11) is 5.24. The smallest absolute Gasteiger partial charge is 0.264 e. The molecule has 0 aromatic heterocycles. The van der Waals surface area contributed by atoms with Crippen LogP contribution in [-0.2, 0) is 16.0 Å². The molecule has 2 amide bonds. The predicted molar refractivity (Wildman–Crippen MR) is 97.5 cm³/mol. The molecule has 0 saturated heterocycles. The van der Waals surface area contributed by atoms with E-state index in [0.717, 1.165) is 22.6 Å². The van der Waals surface area contributed by atoms with Gasteiger partial charge in [0.15, 0.2) is 6.61 Å². The van der Waals surface area contributed by atoms with Crippen LogP contribution in [0.2, 0.25) is 0 Å². The Bertz CT molecular complexity index is 800. The molecule has 1 heterocycles. The fraction of sp³-hybridized carbons (Fsp3) is 0.263. The number of anilines is 3. The number of amides is 2. The first-order valence-corrected chi connectivity index (χ1v) is 8.03. The third-order valence-corrected chi connectivity index (χ3v) is 4.14. The minimum absolute atomic E-state index is 0.0698. The maximum Gasteiger partial charge on any atom is 0.264 e. The van der Waals surface area contributed by atoms with E-state index in [0.29, 0.717) is 12.2 Å². The van der Waals surface area contributed by atoms with E-state index in [1.807, 2.05) is 42.5 Å². The number of hydrogen-bond donors (Lipinski definition) is 1. The van der Waals surface area contributed by atoms with Gasteiger partial charge in [0.1, 0.15) is 5.75 Å². The SMILES string of the molecule is CN(C)C(=O)Cc1ccc(Nc2ccc3c(c2)N(C)C(=O)CO3)cc1. The largest absolute Gasteiger partial charge is 0.482 e. The van der Waals surface area contributed by atoms with Crippen molar-refractivity contribution in [2.45, 2.75) is 6.42 Å². The summed E-state index contributed by atoms with van der Waals surface area (Å²) in [5.74, 6) is 0.702. The zero-order chi connectivity index (χ0) is 18.0. The Morgan fingerprint density at radius 1 is 1.16 bits per heavy atom. The van der Waals surface area contributed by atoms with Gasteiger partial charge in [-0.3, -0.25) is 9.59 Å². The van der Waals surface area contributed by atoms with Gasteiger partial charge in [0.25, 0.3) is 5.91 Å². The van der Waals surface area contributed by atoms with Gasteiger partial charge in [-0.05, 0) is 35.9 Å². The van der Waals surface area contributed by atoms with Crippen LogP contribution in [0.15, 0.2) is 42.5 Å². The summed E-state index contributed by atoms with van der Waals surface area (Å²) in [6, 6.07) is 13.4. The first-order valence-electron chi connectivity index (χ1n) is 8.03. The van der Waals surface area contributed by atoms with E-state index in [4.69, 9.17) is 4.74 Å². The topological polar surface area (TPSA) is 61.9 Å². The molecule has 25 heavy (non-hydrogen) atoms. The molecule has 0 saturated carbocycles. The van der Waals surface area contributed by atoms with Crippen molar-refractivity contribution in [1.82, 2.24) is 4.90 Å². The molecule has 2 aromatic rings. The Hall–Kier alpha value is -3.02. The molecule has 1 aliphatic rings. The predicted octanol–water partition coefficient (Wildman–Crippen LogP) is 2.42. The van der Waals surface area contributed by atoms with Crippen molar-refractivity contribution in [2.24, 2.45) is 0 Å². The number of fused-ring (bicyclic) bond motifs is 1. The first kappa shape index (κ1) is 16.8. The number of carbonyl (C=O) groups excluding carboxylic acids is 2. The van der Waals surface area contributed by atoms with Crippen molar-refractivity contribution in [3.63, 3.8) is 0 Å². The Morgan fingerprint density at radius 2 is 1.84 bits per heavy atom. The molecule has 0 fully saturated rings. The standard InChI is InChI=1S/C19H21N3O3/c1-21(2)18(23)10-13-4-6-14(7-5-13)20-15-8-9-17-16(11-15)22(3)19(24)12-25-17/h4-9,11,20H,10,12H2,1-3H3. The highest BCUT2D eigenvalue weighted by Gasteiger charge is 2.22. The summed E-state index contributed by atoms with van der Waals surface area (Å²) >= 11 is 0. The molecule has 0 aliphatic carbocycles. The van der Waals surface area contributed by atoms with Gasteiger partial charge in [0, 0.05) is 32.5 Å². The van der Waals surface area contributed by atoms with Gasteiger partial charge >= 0.3 is 0 Å². The molecule has 1 N–H and O–H groups in total. The molecule has 0 spiro atoms. The first-order chi connectivity index (χ1) is 11.9. The zero-order valence-electron chi connectivity index (χ0n) is 14.6. The average Bonchev–Trinajstić information content (AvgIpc) is 2.60. The molecule has 0 bridgehead atoms. The lowest BCUT2D eigenvalue weighted by Gasteiger charge is -2.26. The summed E-state index contributed by atoms with van der Waals surface area (Å²) in [6.07, 6.45) is 0.385.